The molecule has 1 amide bonds. The van der Waals surface area contributed by atoms with Crippen LogP contribution in [0, 0.1) is 5.92 Å². The minimum Gasteiger partial charge on any atom is -0.396 e. The molecule has 5 heteroatoms. The summed E-state index contributed by atoms with van der Waals surface area (Å²) in [5, 5.41) is 4.10. The van der Waals surface area contributed by atoms with Crippen molar-refractivity contribution < 1.29 is 4.79 Å². The molecule has 1 saturated carbocycles. The molecule has 1 aromatic rings. The molecule has 2 atom stereocenters. The van der Waals surface area contributed by atoms with Gasteiger partial charge in [-0.25, -0.2) is 0 Å². The fourth-order valence-corrected chi connectivity index (χ4v) is 3.63. The number of nitrogen functional groups attached to an aromatic ring is 1. The van der Waals surface area contributed by atoms with Gasteiger partial charge in [0.2, 0.25) is 5.91 Å². The third kappa shape index (κ3) is 2.60. The summed E-state index contributed by atoms with van der Waals surface area (Å²) in [7, 11) is 0. The molecule has 2 aliphatic rings. The predicted octanol–water partition coefficient (Wildman–Crippen LogP) is 1.65. The lowest BCUT2D eigenvalue weighted by Gasteiger charge is -2.44. The molecule has 0 radical (unpaired) electrons. The van der Waals surface area contributed by atoms with Crippen LogP contribution in [-0.2, 0) is 11.3 Å². The number of nitrogens with two attached hydrogens (primary N) is 1. The summed E-state index contributed by atoms with van der Waals surface area (Å²) in [6.45, 7) is 1.23. The first-order valence-electron chi connectivity index (χ1n) is 7.31. The summed E-state index contributed by atoms with van der Waals surface area (Å²) in [6, 6.07) is 0.475. The maximum absolute atomic E-state index is 12.5. The van der Waals surface area contributed by atoms with Gasteiger partial charge in [-0.2, -0.15) is 5.10 Å². The van der Waals surface area contributed by atoms with Gasteiger partial charge in [-0.1, -0.05) is 12.8 Å². The number of rotatable bonds is 2. The molecule has 1 aromatic heterocycles. The second-order valence-corrected chi connectivity index (χ2v) is 5.81. The fourth-order valence-electron chi connectivity index (χ4n) is 3.63. The Bertz CT molecular complexity index is 454. The summed E-state index contributed by atoms with van der Waals surface area (Å²) in [5.41, 5.74) is 6.24. The van der Waals surface area contributed by atoms with Gasteiger partial charge in [0.25, 0.3) is 0 Å². The number of hydrogen-bond donors (Lipinski definition) is 1. The lowest BCUT2D eigenvalue weighted by Crippen LogP contribution is -2.50. The van der Waals surface area contributed by atoms with Crippen molar-refractivity contribution in [2.24, 2.45) is 5.92 Å². The number of likely N-dealkylation sites (tertiary alicyclic amines) is 1. The first-order chi connectivity index (χ1) is 9.24. The summed E-state index contributed by atoms with van der Waals surface area (Å²) in [6.07, 6.45) is 10.8. The predicted molar refractivity (Wildman–Crippen MR) is 73.3 cm³/mol. The summed E-state index contributed by atoms with van der Waals surface area (Å²) >= 11 is 0. The molecule has 5 nitrogen and oxygen atoms in total. The minimum absolute atomic E-state index is 0.194. The molecule has 104 valence electrons. The number of carbonyl (C=O) groups excluding carboxylic acids is 1. The van der Waals surface area contributed by atoms with E-state index in [9.17, 15) is 4.79 Å². The SMILES string of the molecule is Nc1cnn(CC(=O)N2CCCC3CCCCC32)c1. The van der Waals surface area contributed by atoms with Gasteiger partial charge < -0.3 is 10.6 Å². The van der Waals surface area contributed by atoms with Crippen molar-refractivity contribution in [1.29, 1.82) is 0 Å². The Hall–Kier alpha value is -1.52. The summed E-state index contributed by atoms with van der Waals surface area (Å²) < 4.78 is 1.64. The van der Waals surface area contributed by atoms with Crippen LogP contribution in [0.1, 0.15) is 38.5 Å². The number of aromatic nitrogens is 2. The average Bonchev–Trinajstić information content (AvgIpc) is 2.83. The van der Waals surface area contributed by atoms with Gasteiger partial charge in [-0.15, -0.1) is 0 Å². The maximum Gasteiger partial charge on any atom is 0.244 e. The number of anilines is 1. The van der Waals surface area contributed by atoms with E-state index in [-0.39, 0.29) is 5.91 Å². The van der Waals surface area contributed by atoms with Crippen molar-refractivity contribution in [3.05, 3.63) is 12.4 Å². The molecule has 1 aliphatic heterocycles. The Morgan fingerprint density at radius 1 is 1.32 bits per heavy atom. The number of piperidine rings is 1. The van der Waals surface area contributed by atoms with Crippen LogP contribution in [0.4, 0.5) is 5.69 Å². The van der Waals surface area contributed by atoms with Crippen LogP contribution in [0.5, 0.6) is 0 Å². The molecule has 0 aromatic carbocycles. The Morgan fingerprint density at radius 3 is 2.89 bits per heavy atom. The largest absolute Gasteiger partial charge is 0.396 e. The highest BCUT2D eigenvalue weighted by Gasteiger charge is 2.35. The van der Waals surface area contributed by atoms with E-state index in [1.54, 1.807) is 17.1 Å². The lowest BCUT2D eigenvalue weighted by atomic mass is 9.78. The number of hydrogen-bond acceptors (Lipinski definition) is 3. The Balaban J connectivity index is 1.67. The standard InChI is InChI=1S/C14H22N4O/c15-12-8-16-17(9-12)10-14(19)18-7-3-5-11-4-1-2-6-13(11)18/h8-9,11,13H,1-7,10,15H2. The number of amides is 1. The van der Waals surface area contributed by atoms with Crippen molar-refractivity contribution >= 4 is 11.6 Å². The van der Waals surface area contributed by atoms with Gasteiger partial charge in [0.1, 0.15) is 6.54 Å². The van der Waals surface area contributed by atoms with E-state index in [4.69, 9.17) is 5.73 Å². The van der Waals surface area contributed by atoms with Crippen molar-refractivity contribution in [2.75, 3.05) is 12.3 Å². The molecule has 2 heterocycles. The molecule has 1 aliphatic carbocycles. The van der Waals surface area contributed by atoms with Crippen LogP contribution in [0.2, 0.25) is 0 Å². The molecular weight excluding hydrogens is 240 g/mol. The number of nitrogens with zero attached hydrogens (tertiary/aromatic N) is 3. The van der Waals surface area contributed by atoms with Crippen molar-refractivity contribution in [2.45, 2.75) is 51.1 Å². The zero-order chi connectivity index (χ0) is 13.2. The Kier molecular flexibility index (Phi) is 3.44. The fraction of sp³-hybridized carbons (Fsp3) is 0.714. The molecule has 2 unspecified atom stereocenters. The van der Waals surface area contributed by atoms with E-state index in [2.05, 4.69) is 10.00 Å². The van der Waals surface area contributed by atoms with Crippen molar-refractivity contribution in [3.8, 4) is 0 Å². The Labute approximate surface area is 113 Å². The van der Waals surface area contributed by atoms with Crippen LogP contribution >= 0.6 is 0 Å². The minimum atomic E-state index is 0.194. The number of fused-ring (bicyclic) bond motifs is 1. The molecule has 1 saturated heterocycles. The first-order valence-corrected chi connectivity index (χ1v) is 7.31. The molecule has 0 bridgehead atoms. The molecule has 2 fully saturated rings. The third-order valence-electron chi connectivity index (χ3n) is 4.51. The van der Waals surface area contributed by atoms with E-state index >= 15 is 0 Å². The molecule has 2 N–H and O–H groups in total. The summed E-state index contributed by atoms with van der Waals surface area (Å²) in [4.78, 5) is 14.6. The maximum atomic E-state index is 12.5. The van der Waals surface area contributed by atoms with Crippen molar-refractivity contribution in [3.63, 3.8) is 0 Å². The highest BCUT2D eigenvalue weighted by Crippen LogP contribution is 2.35. The highest BCUT2D eigenvalue weighted by atomic mass is 16.2. The van der Waals surface area contributed by atoms with Gasteiger partial charge >= 0.3 is 0 Å². The van der Waals surface area contributed by atoms with Gasteiger partial charge in [-0.3, -0.25) is 9.48 Å². The van der Waals surface area contributed by atoms with Crippen LogP contribution in [0.15, 0.2) is 12.4 Å². The monoisotopic (exact) mass is 262 g/mol. The van der Waals surface area contributed by atoms with E-state index in [0.29, 0.717) is 18.3 Å². The Morgan fingerprint density at radius 2 is 2.11 bits per heavy atom. The zero-order valence-electron chi connectivity index (χ0n) is 11.3. The van der Waals surface area contributed by atoms with E-state index in [0.717, 1.165) is 18.9 Å². The quantitative estimate of drug-likeness (QED) is 0.881. The first kappa shape index (κ1) is 12.5. The van der Waals surface area contributed by atoms with Crippen LogP contribution < -0.4 is 5.73 Å². The van der Waals surface area contributed by atoms with E-state index < -0.39 is 0 Å². The summed E-state index contributed by atoms with van der Waals surface area (Å²) in [5.74, 6) is 0.925. The van der Waals surface area contributed by atoms with Crippen LogP contribution in [-0.4, -0.2) is 33.2 Å². The van der Waals surface area contributed by atoms with Crippen LogP contribution in [0.3, 0.4) is 0 Å². The van der Waals surface area contributed by atoms with Gasteiger partial charge in [-0.05, 0) is 31.6 Å². The van der Waals surface area contributed by atoms with E-state index in [1.807, 2.05) is 0 Å². The lowest BCUT2D eigenvalue weighted by molar-refractivity contribution is -0.138. The zero-order valence-corrected chi connectivity index (χ0v) is 11.3. The van der Waals surface area contributed by atoms with Gasteiger partial charge in [0, 0.05) is 18.8 Å². The van der Waals surface area contributed by atoms with E-state index in [1.165, 1.54) is 32.1 Å². The van der Waals surface area contributed by atoms with Gasteiger partial charge in [0.05, 0.1) is 11.9 Å². The highest BCUT2D eigenvalue weighted by molar-refractivity contribution is 5.76. The van der Waals surface area contributed by atoms with Crippen molar-refractivity contribution in [1.82, 2.24) is 14.7 Å². The van der Waals surface area contributed by atoms with Crippen LogP contribution in [0.25, 0.3) is 0 Å². The second-order valence-electron chi connectivity index (χ2n) is 5.81. The van der Waals surface area contributed by atoms with Gasteiger partial charge in [0.15, 0.2) is 0 Å². The second kappa shape index (κ2) is 5.23. The molecule has 3 rings (SSSR count). The average molecular weight is 262 g/mol. The topological polar surface area (TPSA) is 64.1 Å². The third-order valence-corrected chi connectivity index (χ3v) is 4.51. The molecular formula is C14H22N4O. The smallest absolute Gasteiger partial charge is 0.244 e. The number of carbonyl (C=O) groups is 1. The normalized spacial score (nSPS) is 27.1. The molecule has 19 heavy (non-hydrogen) atoms. The molecule has 0 spiro atoms.